The number of piperazine rings is 1. The number of hydrogen-bond donors (Lipinski definition) is 1. The van der Waals surface area contributed by atoms with E-state index >= 15 is 0 Å². The van der Waals surface area contributed by atoms with Crippen LogP contribution in [0.1, 0.15) is 23.2 Å². The first kappa shape index (κ1) is 12.4. The van der Waals surface area contributed by atoms with E-state index in [1.807, 2.05) is 4.90 Å². The van der Waals surface area contributed by atoms with Gasteiger partial charge in [0.2, 0.25) is 0 Å². The number of carboxylic acids is 1. The summed E-state index contributed by atoms with van der Waals surface area (Å²) < 4.78 is 14.0. The molecule has 2 aliphatic rings. The molecule has 0 spiro atoms. The number of anilines is 1. The largest absolute Gasteiger partial charge is 0.478 e. The molecule has 2 heterocycles. The molecule has 5 heteroatoms. The summed E-state index contributed by atoms with van der Waals surface area (Å²) in [6, 6.07) is 4.69. The molecular weight excluding hydrogens is 247 g/mol. The molecule has 19 heavy (non-hydrogen) atoms. The van der Waals surface area contributed by atoms with Gasteiger partial charge in [-0.3, -0.25) is 4.90 Å². The van der Waals surface area contributed by atoms with Crippen molar-refractivity contribution in [3.8, 4) is 0 Å². The van der Waals surface area contributed by atoms with Gasteiger partial charge in [-0.25, -0.2) is 9.18 Å². The van der Waals surface area contributed by atoms with Gasteiger partial charge in [-0.05, 0) is 37.6 Å². The van der Waals surface area contributed by atoms with Crippen LogP contribution in [0.3, 0.4) is 0 Å². The first-order valence-corrected chi connectivity index (χ1v) is 6.67. The van der Waals surface area contributed by atoms with E-state index in [1.54, 1.807) is 6.07 Å². The van der Waals surface area contributed by atoms with E-state index in [1.165, 1.54) is 18.9 Å². The molecule has 4 nitrogen and oxygen atoms in total. The van der Waals surface area contributed by atoms with Crippen molar-refractivity contribution < 1.29 is 14.3 Å². The molecule has 1 aromatic carbocycles. The summed E-state index contributed by atoms with van der Waals surface area (Å²) in [7, 11) is 0. The first-order chi connectivity index (χ1) is 9.15. The Morgan fingerprint density at radius 1 is 1.32 bits per heavy atom. The average Bonchev–Trinajstić information content (AvgIpc) is 2.85. The van der Waals surface area contributed by atoms with E-state index in [4.69, 9.17) is 5.11 Å². The third kappa shape index (κ3) is 2.30. The highest BCUT2D eigenvalue weighted by molar-refractivity contribution is 5.88. The van der Waals surface area contributed by atoms with Gasteiger partial charge >= 0.3 is 5.97 Å². The molecule has 0 saturated carbocycles. The Kier molecular flexibility index (Phi) is 3.14. The second-order valence-corrected chi connectivity index (χ2v) is 5.25. The summed E-state index contributed by atoms with van der Waals surface area (Å²) in [5.74, 6) is -1.53. The predicted octanol–water partition coefficient (Wildman–Crippen LogP) is 1.81. The van der Waals surface area contributed by atoms with Gasteiger partial charge in [-0.15, -0.1) is 0 Å². The third-order valence-electron chi connectivity index (χ3n) is 4.12. The van der Waals surface area contributed by atoms with E-state index < -0.39 is 11.8 Å². The number of fused-ring (bicyclic) bond motifs is 1. The zero-order valence-electron chi connectivity index (χ0n) is 10.7. The van der Waals surface area contributed by atoms with Crippen molar-refractivity contribution in [3.05, 3.63) is 29.6 Å². The van der Waals surface area contributed by atoms with Crippen molar-refractivity contribution in [1.29, 1.82) is 0 Å². The summed E-state index contributed by atoms with van der Waals surface area (Å²) in [5, 5.41) is 8.85. The minimum atomic E-state index is -1.09. The van der Waals surface area contributed by atoms with Gasteiger partial charge in [0.25, 0.3) is 0 Å². The lowest BCUT2D eigenvalue weighted by atomic mass is 10.1. The number of hydrogen-bond acceptors (Lipinski definition) is 3. The van der Waals surface area contributed by atoms with Crippen LogP contribution in [-0.2, 0) is 0 Å². The van der Waals surface area contributed by atoms with Gasteiger partial charge in [0.1, 0.15) is 5.82 Å². The Morgan fingerprint density at radius 3 is 2.89 bits per heavy atom. The van der Waals surface area contributed by atoms with Crippen LogP contribution in [0, 0.1) is 5.82 Å². The van der Waals surface area contributed by atoms with E-state index in [2.05, 4.69) is 4.90 Å². The zero-order chi connectivity index (χ0) is 13.4. The van der Waals surface area contributed by atoms with Crippen molar-refractivity contribution in [2.45, 2.75) is 18.9 Å². The van der Waals surface area contributed by atoms with Crippen LogP contribution in [0.4, 0.5) is 10.1 Å². The van der Waals surface area contributed by atoms with Crippen molar-refractivity contribution >= 4 is 11.7 Å². The summed E-state index contributed by atoms with van der Waals surface area (Å²) in [6.07, 6.45) is 2.39. The SMILES string of the molecule is O=C(O)c1ccc(N2CCN3CCCC3C2)c(F)c1. The highest BCUT2D eigenvalue weighted by Gasteiger charge is 2.31. The van der Waals surface area contributed by atoms with Crippen molar-refractivity contribution in [3.63, 3.8) is 0 Å². The molecule has 0 aromatic heterocycles. The molecule has 0 aliphatic carbocycles. The van der Waals surface area contributed by atoms with Crippen molar-refractivity contribution in [1.82, 2.24) is 4.90 Å². The van der Waals surface area contributed by atoms with Crippen LogP contribution in [0.2, 0.25) is 0 Å². The van der Waals surface area contributed by atoms with Gasteiger partial charge in [-0.1, -0.05) is 0 Å². The van der Waals surface area contributed by atoms with Crippen LogP contribution in [0.25, 0.3) is 0 Å². The van der Waals surface area contributed by atoms with Crippen LogP contribution in [0.15, 0.2) is 18.2 Å². The van der Waals surface area contributed by atoms with Gasteiger partial charge in [0.05, 0.1) is 11.3 Å². The predicted molar refractivity (Wildman–Crippen MR) is 70.2 cm³/mol. The molecule has 1 atom stereocenters. The lowest BCUT2D eigenvalue weighted by Crippen LogP contribution is -2.50. The lowest BCUT2D eigenvalue weighted by Gasteiger charge is -2.38. The highest BCUT2D eigenvalue weighted by atomic mass is 19.1. The fourth-order valence-electron chi connectivity index (χ4n) is 3.11. The summed E-state index contributed by atoms with van der Waals surface area (Å²) in [5.41, 5.74) is 0.525. The summed E-state index contributed by atoms with van der Waals surface area (Å²) in [6.45, 7) is 3.76. The molecular formula is C14H17FN2O2. The number of nitrogens with zero attached hydrogens (tertiary/aromatic N) is 2. The van der Waals surface area contributed by atoms with Crippen LogP contribution in [-0.4, -0.2) is 48.2 Å². The minimum absolute atomic E-state index is 0.000697. The Hall–Kier alpha value is -1.62. The van der Waals surface area contributed by atoms with E-state index in [9.17, 15) is 9.18 Å². The molecule has 1 N–H and O–H groups in total. The van der Waals surface area contributed by atoms with E-state index in [-0.39, 0.29) is 5.56 Å². The molecule has 3 rings (SSSR count). The number of aromatic carboxylic acids is 1. The Labute approximate surface area is 111 Å². The highest BCUT2D eigenvalue weighted by Crippen LogP contribution is 2.27. The maximum atomic E-state index is 14.0. The third-order valence-corrected chi connectivity index (χ3v) is 4.12. The normalized spacial score (nSPS) is 23.4. The van der Waals surface area contributed by atoms with E-state index in [0.717, 1.165) is 32.2 Å². The number of halogens is 1. The number of carbonyl (C=O) groups is 1. The Morgan fingerprint density at radius 2 is 2.16 bits per heavy atom. The number of carboxylic acid groups (broad SMARTS) is 1. The van der Waals surface area contributed by atoms with E-state index in [0.29, 0.717) is 11.7 Å². The quantitative estimate of drug-likeness (QED) is 0.884. The summed E-state index contributed by atoms with van der Waals surface area (Å²) >= 11 is 0. The second kappa shape index (κ2) is 4.81. The maximum absolute atomic E-state index is 14.0. The molecule has 2 aliphatic heterocycles. The molecule has 2 fully saturated rings. The monoisotopic (exact) mass is 264 g/mol. The Balaban J connectivity index is 1.80. The fourth-order valence-corrected chi connectivity index (χ4v) is 3.11. The molecule has 0 radical (unpaired) electrons. The smallest absolute Gasteiger partial charge is 0.335 e. The average molecular weight is 264 g/mol. The van der Waals surface area contributed by atoms with Crippen molar-refractivity contribution in [2.24, 2.45) is 0 Å². The number of rotatable bonds is 2. The molecule has 2 saturated heterocycles. The standard InChI is InChI=1S/C14H17FN2O2/c15-12-8-10(14(18)19)3-4-13(12)17-7-6-16-5-1-2-11(16)9-17/h3-4,8,11H,1-2,5-7,9H2,(H,18,19). The molecule has 102 valence electrons. The van der Waals surface area contributed by atoms with Crippen LogP contribution >= 0.6 is 0 Å². The minimum Gasteiger partial charge on any atom is -0.478 e. The van der Waals surface area contributed by atoms with Gasteiger partial charge in [0.15, 0.2) is 0 Å². The van der Waals surface area contributed by atoms with Gasteiger partial charge in [0, 0.05) is 25.7 Å². The van der Waals surface area contributed by atoms with Gasteiger partial charge < -0.3 is 10.0 Å². The maximum Gasteiger partial charge on any atom is 0.335 e. The zero-order valence-corrected chi connectivity index (χ0v) is 10.7. The van der Waals surface area contributed by atoms with Crippen molar-refractivity contribution in [2.75, 3.05) is 31.1 Å². The lowest BCUT2D eigenvalue weighted by molar-refractivity contribution is 0.0696. The second-order valence-electron chi connectivity index (χ2n) is 5.25. The number of benzene rings is 1. The van der Waals surface area contributed by atoms with Crippen LogP contribution < -0.4 is 4.90 Å². The summed E-state index contributed by atoms with van der Waals surface area (Å²) in [4.78, 5) is 15.3. The molecule has 1 aromatic rings. The fraction of sp³-hybridized carbons (Fsp3) is 0.500. The first-order valence-electron chi connectivity index (χ1n) is 6.67. The van der Waals surface area contributed by atoms with Crippen LogP contribution in [0.5, 0.6) is 0 Å². The topological polar surface area (TPSA) is 43.8 Å². The molecule has 0 bridgehead atoms. The molecule has 1 unspecified atom stereocenters. The molecule has 0 amide bonds. The van der Waals surface area contributed by atoms with Gasteiger partial charge in [-0.2, -0.15) is 0 Å². The Bertz CT molecular complexity index is 506.